The first kappa shape index (κ1) is 14.1. The van der Waals surface area contributed by atoms with Gasteiger partial charge in [-0.2, -0.15) is 0 Å². The number of nitrogens with one attached hydrogen (secondary N) is 2. The summed E-state index contributed by atoms with van der Waals surface area (Å²) in [4.78, 5) is 3.50. The second-order valence-corrected chi connectivity index (χ2v) is 6.39. The number of aromatic amines is 1. The van der Waals surface area contributed by atoms with E-state index in [1.54, 1.807) is 0 Å². The van der Waals surface area contributed by atoms with E-state index in [-0.39, 0.29) is 5.54 Å². The van der Waals surface area contributed by atoms with E-state index in [4.69, 9.17) is 0 Å². The van der Waals surface area contributed by atoms with Gasteiger partial charge in [-0.25, -0.2) is 0 Å². The van der Waals surface area contributed by atoms with Gasteiger partial charge in [-0.1, -0.05) is 13.0 Å². The minimum absolute atomic E-state index is 0.189. The molecule has 2 heteroatoms. The standard InChI is InChI=1S/C17H26N2/c1-6-13-7-8-16-15(11-13)14(12(2)19-16)9-10-18-17(3,4)5/h7-8,11,18-19H,6,9-10H2,1-5H3. The van der Waals surface area contributed by atoms with Crippen LogP contribution in [0.5, 0.6) is 0 Å². The van der Waals surface area contributed by atoms with Crippen molar-refractivity contribution in [2.75, 3.05) is 6.54 Å². The summed E-state index contributed by atoms with van der Waals surface area (Å²) in [6.45, 7) is 12.0. The van der Waals surface area contributed by atoms with Crippen molar-refractivity contribution in [2.24, 2.45) is 0 Å². The van der Waals surface area contributed by atoms with Crippen LogP contribution in [-0.2, 0) is 12.8 Å². The molecule has 19 heavy (non-hydrogen) atoms. The first-order valence-electron chi connectivity index (χ1n) is 7.26. The molecule has 0 saturated heterocycles. The van der Waals surface area contributed by atoms with Gasteiger partial charge in [0, 0.05) is 22.1 Å². The highest BCUT2D eigenvalue weighted by Gasteiger charge is 2.11. The Balaban J connectivity index is 2.23. The number of hydrogen-bond acceptors (Lipinski definition) is 1. The minimum Gasteiger partial charge on any atom is -0.358 e. The van der Waals surface area contributed by atoms with Gasteiger partial charge in [-0.05, 0) is 70.3 Å². The first-order chi connectivity index (χ1) is 8.90. The third kappa shape index (κ3) is 3.38. The van der Waals surface area contributed by atoms with E-state index >= 15 is 0 Å². The monoisotopic (exact) mass is 258 g/mol. The van der Waals surface area contributed by atoms with E-state index in [9.17, 15) is 0 Å². The number of aromatic nitrogens is 1. The molecular weight excluding hydrogens is 232 g/mol. The molecule has 0 fully saturated rings. The number of rotatable bonds is 4. The molecule has 0 aliphatic heterocycles. The maximum Gasteiger partial charge on any atom is 0.0459 e. The van der Waals surface area contributed by atoms with Crippen LogP contribution >= 0.6 is 0 Å². The molecule has 2 N–H and O–H groups in total. The molecule has 0 atom stereocenters. The topological polar surface area (TPSA) is 27.8 Å². The van der Waals surface area contributed by atoms with Crippen LogP contribution in [0.25, 0.3) is 10.9 Å². The normalized spacial score (nSPS) is 12.3. The fourth-order valence-electron chi connectivity index (χ4n) is 2.53. The number of aryl methyl sites for hydroxylation is 2. The van der Waals surface area contributed by atoms with Gasteiger partial charge in [0.15, 0.2) is 0 Å². The van der Waals surface area contributed by atoms with Gasteiger partial charge in [-0.3, -0.25) is 0 Å². The number of fused-ring (bicyclic) bond motifs is 1. The van der Waals surface area contributed by atoms with Gasteiger partial charge in [0.25, 0.3) is 0 Å². The van der Waals surface area contributed by atoms with Gasteiger partial charge in [0.05, 0.1) is 0 Å². The lowest BCUT2D eigenvalue weighted by Gasteiger charge is -2.20. The van der Waals surface area contributed by atoms with Crippen molar-refractivity contribution in [2.45, 2.75) is 53.0 Å². The highest BCUT2D eigenvalue weighted by molar-refractivity contribution is 5.85. The molecule has 104 valence electrons. The second kappa shape index (κ2) is 5.38. The Labute approximate surface area is 116 Å². The summed E-state index contributed by atoms with van der Waals surface area (Å²) in [5.41, 5.74) is 5.63. The Morgan fingerprint density at radius 1 is 1.21 bits per heavy atom. The molecule has 2 aromatic rings. The van der Waals surface area contributed by atoms with Gasteiger partial charge < -0.3 is 10.3 Å². The lowest BCUT2D eigenvalue weighted by atomic mass is 10.0. The lowest BCUT2D eigenvalue weighted by molar-refractivity contribution is 0.429. The van der Waals surface area contributed by atoms with E-state index in [2.05, 4.69) is 63.1 Å². The molecule has 0 aliphatic rings. The van der Waals surface area contributed by atoms with Gasteiger partial charge in [0.1, 0.15) is 0 Å². The third-order valence-electron chi connectivity index (χ3n) is 3.62. The lowest BCUT2D eigenvalue weighted by Crippen LogP contribution is -2.37. The zero-order valence-corrected chi connectivity index (χ0v) is 12.9. The Bertz CT molecular complexity index is 558. The van der Waals surface area contributed by atoms with Crippen molar-refractivity contribution in [1.29, 1.82) is 0 Å². The molecule has 2 nitrogen and oxygen atoms in total. The van der Waals surface area contributed by atoms with E-state index < -0.39 is 0 Å². The largest absolute Gasteiger partial charge is 0.358 e. The molecule has 2 rings (SSSR count). The van der Waals surface area contributed by atoms with Gasteiger partial charge in [-0.15, -0.1) is 0 Å². The maximum absolute atomic E-state index is 3.57. The maximum atomic E-state index is 3.57. The second-order valence-electron chi connectivity index (χ2n) is 6.39. The van der Waals surface area contributed by atoms with Crippen LogP contribution in [0.1, 0.15) is 44.5 Å². The average Bonchev–Trinajstić information content (AvgIpc) is 2.63. The van der Waals surface area contributed by atoms with Crippen molar-refractivity contribution >= 4 is 10.9 Å². The van der Waals surface area contributed by atoms with E-state index in [1.807, 2.05) is 0 Å². The van der Waals surface area contributed by atoms with Crippen LogP contribution in [-0.4, -0.2) is 17.1 Å². The molecule has 0 aliphatic carbocycles. The van der Waals surface area contributed by atoms with Crippen molar-refractivity contribution in [3.8, 4) is 0 Å². The minimum atomic E-state index is 0.189. The Morgan fingerprint density at radius 3 is 2.58 bits per heavy atom. The molecule has 0 radical (unpaired) electrons. The van der Waals surface area contributed by atoms with E-state index in [1.165, 1.54) is 27.7 Å². The van der Waals surface area contributed by atoms with E-state index in [0.29, 0.717) is 0 Å². The summed E-state index contributed by atoms with van der Waals surface area (Å²) in [5.74, 6) is 0. The molecule has 1 heterocycles. The first-order valence-corrected chi connectivity index (χ1v) is 7.26. The molecule has 0 unspecified atom stereocenters. The Morgan fingerprint density at radius 2 is 1.95 bits per heavy atom. The summed E-state index contributed by atoms with van der Waals surface area (Å²) >= 11 is 0. The third-order valence-corrected chi connectivity index (χ3v) is 3.62. The van der Waals surface area contributed by atoms with Crippen LogP contribution in [0.4, 0.5) is 0 Å². The predicted molar refractivity (Wildman–Crippen MR) is 83.9 cm³/mol. The molecule has 0 bridgehead atoms. The zero-order valence-electron chi connectivity index (χ0n) is 12.9. The van der Waals surface area contributed by atoms with Crippen LogP contribution in [0, 0.1) is 6.92 Å². The molecule has 0 saturated carbocycles. The molecule has 0 spiro atoms. The fourth-order valence-corrected chi connectivity index (χ4v) is 2.53. The highest BCUT2D eigenvalue weighted by Crippen LogP contribution is 2.24. The van der Waals surface area contributed by atoms with Crippen molar-refractivity contribution in [3.63, 3.8) is 0 Å². The van der Waals surface area contributed by atoms with Crippen molar-refractivity contribution < 1.29 is 0 Å². The van der Waals surface area contributed by atoms with Crippen LogP contribution in [0.2, 0.25) is 0 Å². The molecule has 0 amide bonds. The van der Waals surface area contributed by atoms with Crippen LogP contribution in [0.3, 0.4) is 0 Å². The smallest absolute Gasteiger partial charge is 0.0459 e. The molecule has 1 aromatic carbocycles. The quantitative estimate of drug-likeness (QED) is 0.853. The Hall–Kier alpha value is -1.28. The summed E-state index contributed by atoms with van der Waals surface area (Å²) in [5, 5.41) is 4.96. The molecular formula is C17H26N2. The number of benzene rings is 1. The summed E-state index contributed by atoms with van der Waals surface area (Å²) < 4.78 is 0. The summed E-state index contributed by atoms with van der Waals surface area (Å²) in [7, 11) is 0. The fraction of sp³-hybridized carbons (Fsp3) is 0.529. The average molecular weight is 258 g/mol. The summed E-state index contributed by atoms with van der Waals surface area (Å²) in [6, 6.07) is 6.77. The zero-order chi connectivity index (χ0) is 14.0. The van der Waals surface area contributed by atoms with Crippen LogP contribution < -0.4 is 5.32 Å². The SMILES string of the molecule is CCc1ccc2[nH]c(C)c(CCNC(C)(C)C)c2c1. The van der Waals surface area contributed by atoms with Gasteiger partial charge in [0.2, 0.25) is 0 Å². The predicted octanol–water partition coefficient (Wildman–Crippen LogP) is 3.97. The van der Waals surface area contributed by atoms with Crippen molar-refractivity contribution in [1.82, 2.24) is 10.3 Å². The van der Waals surface area contributed by atoms with Gasteiger partial charge >= 0.3 is 0 Å². The van der Waals surface area contributed by atoms with E-state index in [0.717, 1.165) is 19.4 Å². The van der Waals surface area contributed by atoms with Crippen molar-refractivity contribution in [3.05, 3.63) is 35.0 Å². The summed E-state index contributed by atoms with van der Waals surface area (Å²) in [6.07, 6.45) is 2.18. The Kier molecular flexibility index (Phi) is 4.00. The highest BCUT2D eigenvalue weighted by atomic mass is 14.9. The number of H-pyrrole nitrogens is 1. The van der Waals surface area contributed by atoms with Crippen LogP contribution in [0.15, 0.2) is 18.2 Å². The number of hydrogen-bond donors (Lipinski definition) is 2. The molecule has 1 aromatic heterocycles.